The number of aromatic nitrogens is 1. The number of hydrogen-bond acceptors (Lipinski definition) is 3. The Bertz CT molecular complexity index is 691. The van der Waals surface area contributed by atoms with Crippen molar-refractivity contribution in [2.24, 2.45) is 11.1 Å². The monoisotopic (exact) mass is 303 g/mol. The second-order valence-electron chi connectivity index (χ2n) is 5.96. The number of amides is 1. The lowest BCUT2D eigenvalue weighted by atomic mass is 9.92. The Kier molecular flexibility index (Phi) is 4.51. The van der Waals surface area contributed by atoms with E-state index in [0.717, 1.165) is 16.5 Å². The van der Waals surface area contributed by atoms with Crippen LogP contribution in [-0.2, 0) is 16.0 Å². The number of para-hydroxylation sites is 1. The lowest BCUT2D eigenvalue weighted by Gasteiger charge is -2.20. The number of benzene rings is 1. The maximum absolute atomic E-state index is 11.9. The van der Waals surface area contributed by atoms with Crippen molar-refractivity contribution in [1.82, 2.24) is 10.3 Å². The first-order chi connectivity index (χ1) is 10.3. The van der Waals surface area contributed by atoms with Crippen LogP contribution in [0.25, 0.3) is 10.9 Å². The van der Waals surface area contributed by atoms with E-state index in [1.807, 2.05) is 30.5 Å². The second kappa shape index (κ2) is 6.19. The maximum atomic E-state index is 11.9. The minimum atomic E-state index is -1.46. The molecule has 1 atom stereocenters. The predicted molar refractivity (Wildman–Crippen MR) is 84.4 cm³/mol. The number of carbonyl (C=O) groups is 2. The van der Waals surface area contributed by atoms with Gasteiger partial charge in [0.2, 0.25) is 5.91 Å². The Morgan fingerprint density at radius 1 is 1.36 bits per heavy atom. The molecule has 0 saturated carbocycles. The fourth-order valence-corrected chi connectivity index (χ4v) is 2.20. The molecule has 6 nitrogen and oxygen atoms in total. The number of carboxylic acids is 1. The number of carboxylic acid groups (broad SMARTS) is 1. The highest BCUT2D eigenvalue weighted by Gasteiger charge is 2.35. The standard InChI is InChI=1S/C16H21N3O3/c1-16(2,15(21)22)14(20)19-9-11(17)7-10-8-18-13-6-4-3-5-12(10)13/h3-6,8,11,18H,7,9,17H2,1-2H3,(H,19,20)(H,21,22)/t11-/m1/s1. The third kappa shape index (κ3) is 3.28. The molecule has 0 aliphatic heterocycles. The molecule has 0 aliphatic rings. The van der Waals surface area contributed by atoms with Gasteiger partial charge in [-0.1, -0.05) is 18.2 Å². The topological polar surface area (TPSA) is 108 Å². The Morgan fingerprint density at radius 3 is 2.73 bits per heavy atom. The first-order valence-electron chi connectivity index (χ1n) is 7.14. The average Bonchev–Trinajstić information content (AvgIpc) is 2.88. The molecule has 0 spiro atoms. The van der Waals surface area contributed by atoms with E-state index in [1.54, 1.807) is 0 Å². The molecule has 0 unspecified atom stereocenters. The highest BCUT2D eigenvalue weighted by molar-refractivity contribution is 6.00. The largest absolute Gasteiger partial charge is 0.480 e. The summed E-state index contributed by atoms with van der Waals surface area (Å²) in [7, 11) is 0. The van der Waals surface area contributed by atoms with Gasteiger partial charge in [-0.05, 0) is 31.9 Å². The van der Waals surface area contributed by atoms with Gasteiger partial charge in [0.1, 0.15) is 5.41 Å². The first kappa shape index (κ1) is 16.0. The molecule has 5 N–H and O–H groups in total. The number of nitrogens with one attached hydrogen (secondary N) is 2. The molecule has 1 aromatic heterocycles. The molecule has 1 amide bonds. The summed E-state index contributed by atoms with van der Waals surface area (Å²) in [5, 5.41) is 12.7. The van der Waals surface area contributed by atoms with Gasteiger partial charge in [-0.3, -0.25) is 9.59 Å². The normalized spacial score (nSPS) is 13.0. The van der Waals surface area contributed by atoms with Crippen molar-refractivity contribution >= 4 is 22.8 Å². The van der Waals surface area contributed by atoms with Gasteiger partial charge in [-0.2, -0.15) is 0 Å². The highest BCUT2D eigenvalue weighted by Crippen LogP contribution is 2.19. The van der Waals surface area contributed by atoms with Gasteiger partial charge < -0.3 is 21.1 Å². The average molecular weight is 303 g/mol. The summed E-state index contributed by atoms with van der Waals surface area (Å²) in [6.45, 7) is 2.97. The van der Waals surface area contributed by atoms with Crippen molar-refractivity contribution in [2.45, 2.75) is 26.3 Å². The smallest absolute Gasteiger partial charge is 0.318 e. The number of fused-ring (bicyclic) bond motifs is 1. The second-order valence-corrected chi connectivity index (χ2v) is 5.96. The molecular weight excluding hydrogens is 282 g/mol. The third-order valence-corrected chi connectivity index (χ3v) is 3.78. The van der Waals surface area contributed by atoms with Crippen LogP contribution in [0.5, 0.6) is 0 Å². The van der Waals surface area contributed by atoms with Crippen molar-refractivity contribution < 1.29 is 14.7 Å². The molecule has 2 rings (SSSR count). The van der Waals surface area contributed by atoms with Gasteiger partial charge in [0, 0.05) is 29.7 Å². The van der Waals surface area contributed by atoms with Crippen LogP contribution in [0.4, 0.5) is 0 Å². The van der Waals surface area contributed by atoms with Crippen LogP contribution >= 0.6 is 0 Å². The van der Waals surface area contributed by atoms with Gasteiger partial charge in [-0.25, -0.2) is 0 Å². The maximum Gasteiger partial charge on any atom is 0.318 e. The number of H-pyrrole nitrogens is 1. The minimum Gasteiger partial charge on any atom is -0.480 e. The van der Waals surface area contributed by atoms with Crippen LogP contribution in [0.1, 0.15) is 19.4 Å². The fraction of sp³-hybridized carbons (Fsp3) is 0.375. The molecule has 0 radical (unpaired) electrons. The van der Waals surface area contributed by atoms with Crippen molar-refractivity contribution in [3.63, 3.8) is 0 Å². The van der Waals surface area contributed by atoms with Gasteiger partial charge in [-0.15, -0.1) is 0 Å². The summed E-state index contributed by atoms with van der Waals surface area (Å²) >= 11 is 0. The molecular formula is C16H21N3O3. The van der Waals surface area contributed by atoms with Gasteiger partial charge >= 0.3 is 5.97 Å². The van der Waals surface area contributed by atoms with E-state index in [2.05, 4.69) is 10.3 Å². The zero-order chi connectivity index (χ0) is 16.3. The van der Waals surface area contributed by atoms with E-state index in [4.69, 9.17) is 10.8 Å². The zero-order valence-corrected chi connectivity index (χ0v) is 12.7. The van der Waals surface area contributed by atoms with Crippen LogP contribution < -0.4 is 11.1 Å². The molecule has 0 bridgehead atoms. The number of nitrogens with two attached hydrogens (primary N) is 1. The molecule has 22 heavy (non-hydrogen) atoms. The molecule has 1 aromatic carbocycles. The summed E-state index contributed by atoms with van der Waals surface area (Å²) in [5.41, 5.74) is 6.71. The van der Waals surface area contributed by atoms with Crippen LogP contribution in [0.2, 0.25) is 0 Å². The van der Waals surface area contributed by atoms with E-state index < -0.39 is 17.3 Å². The number of aliphatic carboxylic acids is 1. The summed E-state index contributed by atoms with van der Waals surface area (Å²) in [6, 6.07) is 7.63. The van der Waals surface area contributed by atoms with Crippen molar-refractivity contribution in [3.8, 4) is 0 Å². The third-order valence-electron chi connectivity index (χ3n) is 3.78. The van der Waals surface area contributed by atoms with E-state index in [1.165, 1.54) is 13.8 Å². The molecule has 2 aromatic rings. The Hall–Kier alpha value is -2.34. The van der Waals surface area contributed by atoms with Crippen LogP contribution in [0.3, 0.4) is 0 Å². The lowest BCUT2D eigenvalue weighted by molar-refractivity contribution is -0.153. The minimum absolute atomic E-state index is 0.231. The quantitative estimate of drug-likeness (QED) is 0.602. The molecule has 0 fully saturated rings. The van der Waals surface area contributed by atoms with Crippen molar-refractivity contribution in [1.29, 1.82) is 0 Å². The van der Waals surface area contributed by atoms with Crippen LogP contribution in [-0.4, -0.2) is 34.6 Å². The van der Waals surface area contributed by atoms with E-state index in [0.29, 0.717) is 6.42 Å². The molecule has 6 heteroatoms. The predicted octanol–water partition coefficient (Wildman–Crippen LogP) is 1.26. The molecule has 0 saturated heterocycles. The lowest BCUT2D eigenvalue weighted by Crippen LogP contribution is -2.46. The van der Waals surface area contributed by atoms with Crippen LogP contribution in [0, 0.1) is 5.41 Å². The first-order valence-corrected chi connectivity index (χ1v) is 7.14. The van der Waals surface area contributed by atoms with Crippen molar-refractivity contribution in [3.05, 3.63) is 36.0 Å². The fourth-order valence-electron chi connectivity index (χ4n) is 2.20. The number of carbonyl (C=O) groups excluding carboxylic acids is 1. The summed E-state index contributed by atoms with van der Waals surface area (Å²) in [6.07, 6.45) is 2.51. The Morgan fingerprint density at radius 2 is 2.05 bits per heavy atom. The van der Waals surface area contributed by atoms with Gasteiger partial charge in [0.15, 0.2) is 0 Å². The van der Waals surface area contributed by atoms with E-state index in [-0.39, 0.29) is 12.6 Å². The molecule has 1 heterocycles. The zero-order valence-electron chi connectivity index (χ0n) is 12.7. The van der Waals surface area contributed by atoms with Gasteiger partial charge in [0.25, 0.3) is 0 Å². The molecule has 118 valence electrons. The SMILES string of the molecule is CC(C)(C(=O)O)C(=O)NC[C@H](N)Cc1c[nH]c2ccccc12. The Balaban J connectivity index is 1.95. The number of rotatable bonds is 6. The highest BCUT2D eigenvalue weighted by atomic mass is 16.4. The van der Waals surface area contributed by atoms with E-state index >= 15 is 0 Å². The van der Waals surface area contributed by atoms with Gasteiger partial charge in [0.05, 0.1) is 0 Å². The summed E-state index contributed by atoms with van der Waals surface area (Å²) in [5.74, 6) is -1.69. The summed E-state index contributed by atoms with van der Waals surface area (Å²) < 4.78 is 0. The number of aromatic amines is 1. The van der Waals surface area contributed by atoms with Crippen molar-refractivity contribution in [2.75, 3.05) is 6.54 Å². The molecule has 0 aliphatic carbocycles. The Labute approximate surface area is 128 Å². The van der Waals surface area contributed by atoms with Crippen LogP contribution in [0.15, 0.2) is 30.5 Å². The summed E-state index contributed by atoms with van der Waals surface area (Å²) in [4.78, 5) is 26.1. The number of hydrogen-bond donors (Lipinski definition) is 4. The van der Waals surface area contributed by atoms with E-state index in [9.17, 15) is 9.59 Å².